The van der Waals surface area contributed by atoms with Gasteiger partial charge < -0.3 is 0 Å². The van der Waals surface area contributed by atoms with Crippen LogP contribution in [-0.2, 0) is 0 Å². The van der Waals surface area contributed by atoms with E-state index >= 15 is 0 Å². The molecule has 0 aromatic carbocycles. The van der Waals surface area contributed by atoms with Gasteiger partial charge in [-0.05, 0) is 17.5 Å². The van der Waals surface area contributed by atoms with Gasteiger partial charge in [0.15, 0.2) is 0 Å². The van der Waals surface area contributed by atoms with Crippen molar-refractivity contribution in [1.82, 2.24) is 25.0 Å². The fraction of sp³-hybridized carbons (Fsp3) is 0.400. The summed E-state index contributed by atoms with van der Waals surface area (Å²) in [7, 11) is 0. The molecule has 1 atom stereocenters. The fourth-order valence-electron chi connectivity index (χ4n) is 1.56. The first-order valence-corrected chi connectivity index (χ1v) is 6.05. The molecule has 0 aliphatic heterocycles. The van der Waals surface area contributed by atoms with Crippen LogP contribution in [-0.4, -0.2) is 19.6 Å². The Morgan fingerprint density at radius 3 is 2.76 bits per heavy atom. The van der Waals surface area contributed by atoms with Crippen LogP contribution in [0.1, 0.15) is 42.1 Å². The molecule has 0 aliphatic rings. The van der Waals surface area contributed by atoms with E-state index in [2.05, 4.69) is 38.8 Å². The first-order valence-electron chi connectivity index (χ1n) is 5.28. The summed E-state index contributed by atoms with van der Waals surface area (Å²) in [6.07, 6.45) is 4.96. The smallest absolute Gasteiger partial charge is 0.102 e. The van der Waals surface area contributed by atoms with Gasteiger partial charge in [-0.1, -0.05) is 18.3 Å². The van der Waals surface area contributed by atoms with Crippen LogP contribution in [0, 0.1) is 0 Å². The Morgan fingerprint density at radius 1 is 1.35 bits per heavy atom. The minimum Gasteiger partial charge on any atom is -0.270 e. The third-order valence-corrected chi connectivity index (χ3v) is 3.20. The van der Waals surface area contributed by atoms with Gasteiger partial charge in [0.25, 0.3) is 0 Å². The van der Waals surface area contributed by atoms with Crippen molar-refractivity contribution in [2.24, 2.45) is 5.84 Å². The predicted octanol–water partition coefficient (Wildman–Crippen LogP) is 1.00. The molecule has 2 aromatic rings. The Labute approximate surface area is 103 Å². The molecule has 1 unspecified atom stereocenters. The zero-order valence-corrected chi connectivity index (χ0v) is 10.5. The maximum absolute atomic E-state index is 5.60. The predicted molar refractivity (Wildman–Crippen MR) is 65.2 cm³/mol. The highest BCUT2D eigenvalue weighted by Gasteiger charge is 2.22. The highest BCUT2D eigenvalue weighted by molar-refractivity contribution is 7.05. The van der Waals surface area contributed by atoms with Crippen LogP contribution in [0.15, 0.2) is 18.6 Å². The number of rotatable bonds is 4. The van der Waals surface area contributed by atoms with E-state index in [1.165, 1.54) is 11.5 Å². The SMILES string of the molecule is CC(C)c1nnsc1C(NN)c1cnccn1. The largest absolute Gasteiger partial charge is 0.270 e. The molecular weight excluding hydrogens is 236 g/mol. The Kier molecular flexibility index (Phi) is 3.72. The van der Waals surface area contributed by atoms with Crippen molar-refractivity contribution in [2.75, 3.05) is 0 Å². The lowest BCUT2D eigenvalue weighted by Gasteiger charge is -2.14. The summed E-state index contributed by atoms with van der Waals surface area (Å²) in [5, 5.41) is 4.13. The number of nitrogens with one attached hydrogen (secondary N) is 1. The van der Waals surface area contributed by atoms with E-state index in [0.29, 0.717) is 5.92 Å². The molecule has 17 heavy (non-hydrogen) atoms. The first kappa shape index (κ1) is 12.0. The molecule has 0 amide bonds. The number of nitrogens with zero attached hydrogens (tertiary/aromatic N) is 4. The molecule has 3 N–H and O–H groups in total. The van der Waals surface area contributed by atoms with Crippen LogP contribution in [0.2, 0.25) is 0 Å². The van der Waals surface area contributed by atoms with E-state index in [4.69, 9.17) is 5.84 Å². The zero-order valence-electron chi connectivity index (χ0n) is 9.66. The highest BCUT2D eigenvalue weighted by Crippen LogP contribution is 2.28. The van der Waals surface area contributed by atoms with Crippen molar-refractivity contribution in [3.05, 3.63) is 34.9 Å². The second kappa shape index (κ2) is 5.26. The second-order valence-electron chi connectivity index (χ2n) is 3.91. The zero-order chi connectivity index (χ0) is 12.3. The molecule has 0 bridgehead atoms. The summed E-state index contributed by atoms with van der Waals surface area (Å²) in [6.45, 7) is 4.15. The molecular formula is C10H14N6S. The van der Waals surface area contributed by atoms with Crippen molar-refractivity contribution in [2.45, 2.75) is 25.8 Å². The third-order valence-electron chi connectivity index (χ3n) is 2.39. The van der Waals surface area contributed by atoms with Crippen LogP contribution in [0.25, 0.3) is 0 Å². The lowest BCUT2D eigenvalue weighted by Crippen LogP contribution is -2.29. The lowest BCUT2D eigenvalue weighted by molar-refractivity contribution is 0.614. The van der Waals surface area contributed by atoms with Gasteiger partial charge in [0.05, 0.1) is 22.5 Å². The van der Waals surface area contributed by atoms with E-state index in [0.717, 1.165) is 16.3 Å². The summed E-state index contributed by atoms with van der Waals surface area (Å²) in [5.74, 6) is 5.90. The average molecular weight is 250 g/mol. The molecule has 7 heteroatoms. The molecule has 2 rings (SSSR count). The molecule has 0 aliphatic carbocycles. The van der Waals surface area contributed by atoms with Crippen LogP contribution in [0.3, 0.4) is 0 Å². The molecule has 0 fully saturated rings. The van der Waals surface area contributed by atoms with Gasteiger partial charge >= 0.3 is 0 Å². The standard InChI is InChI=1S/C10H14N6S/c1-6(2)8-10(17-16-15-8)9(14-11)7-5-12-3-4-13-7/h3-6,9,14H,11H2,1-2H3. The van der Waals surface area contributed by atoms with Crippen LogP contribution < -0.4 is 11.3 Å². The summed E-state index contributed by atoms with van der Waals surface area (Å²) < 4.78 is 3.99. The highest BCUT2D eigenvalue weighted by atomic mass is 32.1. The van der Waals surface area contributed by atoms with Crippen LogP contribution in [0.5, 0.6) is 0 Å². The molecule has 2 aromatic heterocycles. The number of hydrogen-bond donors (Lipinski definition) is 2. The summed E-state index contributed by atoms with van der Waals surface area (Å²) >= 11 is 1.33. The Bertz CT molecular complexity index is 469. The topological polar surface area (TPSA) is 89.6 Å². The number of hydrazine groups is 1. The van der Waals surface area contributed by atoms with E-state index < -0.39 is 0 Å². The second-order valence-corrected chi connectivity index (χ2v) is 4.69. The van der Waals surface area contributed by atoms with Gasteiger partial charge in [-0.25, -0.2) is 5.43 Å². The maximum atomic E-state index is 5.60. The molecule has 2 heterocycles. The van der Waals surface area contributed by atoms with Gasteiger partial charge in [0, 0.05) is 12.4 Å². The van der Waals surface area contributed by atoms with Crippen molar-refractivity contribution in [1.29, 1.82) is 0 Å². The Hall–Kier alpha value is -1.44. The number of hydrogen-bond acceptors (Lipinski definition) is 7. The molecule has 0 saturated heterocycles. The third kappa shape index (κ3) is 2.46. The van der Waals surface area contributed by atoms with Crippen LogP contribution in [0.4, 0.5) is 0 Å². The average Bonchev–Trinajstić information content (AvgIpc) is 2.81. The Morgan fingerprint density at radius 2 is 2.18 bits per heavy atom. The number of nitrogens with two attached hydrogens (primary N) is 1. The summed E-state index contributed by atoms with van der Waals surface area (Å²) in [5.41, 5.74) is 4.46. The normalized spacial score (nSPS) is 12.9. The fourth-order valence-corrected chi connectivity index (χ4v) is 2.44. The summed E-state index contributed by atoms with van der Waals surface area (Å²) in [4.78, 5) is 9.29. The van der Waals surface area contributed by atoms with Gasteiger partial charge in [-0.3, -0.25) is 15.8 Å². The van der Waals surface area contributed by atoms with Gasteiger partial charge in [-0.2, -0.15) is 0 Å². The van der Waals surface area contributed by atoms with Gasteiger partial charge in [0.2, 0.25) is 0 Å². The summed E-state index contributed by atoms with van der Waals surface area (Å²) in [6, 6.07) is -0.207. The molecule has 0 radical (unpaired) electrons. The van der Waals surface area contributed by atoms with Crippen molar-refractivity contribution >= 4 is 11.5 Å². The quantitative estimate of drug-likeness (QED) is 0.621. The Balaban J connectivity index is 2.39. The minimum absolute atomic E-state index is 0.207. The first-order chi connectivity index (χ1) is 8.24. The maximum Gasteiger partial charge on any atom is 0.102 e. The van der Waals surface area contributed by atoms with Crippen molar-refractivity contribution in [3.8, 4) is 0 Å². The van der Waals surface area contributed by atoms with Crippen molar-refractivity contribution < 1.29 is 0 Å². The molecule has 0 saturated carbocycles. The molecule has 6 nitrogen and oxygen atoms in total. The van der Waals surface area contributed by atoms with Gasteiger partial charge in [0.1, 0.15) is 6.04 Å². The van der Waals surface area contributed by atoms with E-state index in [1.54, 1.807) is 18.6 Å². The van der Waals surface area contributed by atoms with E-state index in [-0.39, 0.29) is 6.04 Å². The van der Waals surface area contributed by atoms with Gasteiger partial charge in [-0.15, -0.1) is 5.10 Å². The van der Waals surface area contributed by atoms with E-state index in [1.807, 2.05) is 0 Å². The molecule has 0 spiro atoms. The minimum atomic E-state index is -0.207. The van der Waals surface area contributed by atoms with E-state index in [9.17, 15) is 0 Å². The lowest BCUT2D eigenvalue weighted by atomic mass is 10.0. The molecule has 90 valence electrons. The number of aromatic nitrogens is 4. The monoisotopic (exact) mass is 250 g/mol. The van der Waals surface area contributed by atoms with Crippen molar-refractivity contribution in [3.63, 3.8) is 0 Å². The van der Waals surface area contributed by atoms with Crippen LogP contribution >= 0.6 is 11.5 Å².